The standard InChI is InChI=1S/C20H33N3O3.HI/c1-2-7-17(6-1)23-20(22-12-10-18-8-3-14-25-18)21-11-5-13-24-16-19-9-4-15-26-19;/h3,8,14,17,19H,1-2,4-7,9-13,15-16H2,(H2,21,22,23);1H. The van der Waals surface area contributed by atoms with Crippen LogP contribution in [0.1, 0.15) is 50.7 Å². The van der Waals surface area contributed by atoms with Gasteiger partial charge in [-0.25, -0.2) is 0 Å². The average molecular weight is 491 g/mol. The van der Waals surface area contributed by atoms with Crippen LogP contribution >= 0.6 is 24.0 Å². The van der Waals surface area contributed by atoms with Crippen LogP contribution in [0.4, 0.5) is 0 Å². The second kappa shape index (κ2) is 13.4. The molecule has 1 aromatic rings. The number of rotatable bonds is 10. The molecule has 1 saturated carbocycles. The highest BCUT2D eigenvalue weighted by molar-refractivity contribution is 14.0. The van der Waals surface area contributed by atoms with Gasteiger partial charge in [-0.15, -0.1) is 24.0 Å². The molecule has 2 N–H and O–H groups in total. The lowest BCUT2D eigenvalue weighted by Gasteiger charge is -2.17. The van der Waals surface area contributed by atoms with Crippen molar-refractivity contribution in [2.75, 3.05) is 32.9 Å². The van der Waals surface area contributed by atoms with E-state index in [2.05, 4.69) is 10.6 Å². The lowest BCUT2D eigenvalue weighted by molar-refractivity contribution is 0.0171. The van der Waals surface area contributed by atoms with Gasteiger partial charge in [-0.05, 0) is 44.2 Å². The minimum absolute atomic E-state index is 0. The minimum Gasteiger partial charge on any atom is -0.469 e. The van der Waals surface area contributed by atoms with Crippen LogP contribution in [0.5, 0.6) is 0 Å². The first-order chi connectivity index (χ1) is 12.9. The maximum Gasteiger partial charge on any atom is 0.191 e. The summed E-state index contributed by atoms with van der Waals surface area (Å²) in [7, 11) is 0. The molecular weight excluding hydrogens is 457 g/mol. The maximum absolute atomic E-state index is 5.72. The predicted octanol–water partition coefficient (Wildman–Crippen LogP) is 3.50. The Balaban J connectivity index is 0.00000261. The quantitative estimate of drug-likeness (QED) is 0.227. The number of nitrogens with one attached hydrogen (secondary N) is 2. The van der Waals surface area contributed by atoms with Crippen LogP contribution in [0.3, 0.4) is 0 Å². The highest BCUT2D eigenvalue weighted by Gasteiger charge is 2.16. The number of nitrogens with zero attached hydrogens (tertiary/aromatic N) is 1. The van der Waals surface area contributed by atoms with Crippen LogP contribution in [-0.2, 0) is 15.9 Å². The number of hydrogen-bond donors (Lipinski definition) is 2. The summed E-state index contributed by atoms with van der Waals surface area (Å²) in [6.07, 6.45) is 11.2. The first-order valence-electron chi connectivity index (χ1n) is 10.2. The van der Waals surface area contributed by atoms with Crippen LogP contribution in [0.2, 0.25) is 0 Å². The Kier molecular flexibility index (Phi) is 11.2. The molecule has 1 aliphatic carbocycles. The highest BCUT2D eigenvalue weighted by Crippen LogP contribution is 2.17. The molecule has 0 amide bonds. The molecule has 1 atom stereocenters. The van der Waals surface area contributed by atoms with E-state index in [-0.39, 0.29) is 24.0 Å². The van der Waals surface area contributed by atoms with Gasteiger partial charge in [0.1, 0.15) is 5.76 Å². The van der Waals surface area contributed by atoms with Crippen molar-refractivity contribution in [3.8, 4) is 0 Å². The van der Waals surface area contributed by atoms with Crippen LogP contribution in [0.15, 0.2) is 27.8 Å². The molecule has 2 aliphatic rings. The van der Waals surface area contributed by atoms with E-state index in [0.29, 0.717) is 12.1 Å². The Labute approximate surface area is 179 Å². The number of hydrogen-bond acceptors (Lipinski definition) is 4. The third-order valence-electron chi connectivity index (χ3n) is 4.98. The molecular formula is C20H34IN3O3. The van der Waals surface area contributed by atoms with E-state index in [9.17, 15) is 0 Å². The van der Waals surface area contributed by atoms with Crippen molar-refractivity contribution < 1.29 is 13.9 Å². The van der Waals surface area contributed by atoms with E-state index < -0.39 is 0 Å². The molecule has 6 nitrogen and oxygen atoms in total. The molecule has 1 aromatic heterocycles. The Morgan fingerprint density at radius 1 is 1.22 bits per heavy atom. The van der Waals surface area contributed by atoms with Gasteiger partial charge >= 0.3 is 0 Å². The average Bonchev–Trinajstić information content (AvgIpc) is 3.41. The molecule has 1 aliphatic heterocycles. The van der Waals surface area contributed by atoms with Crippen molar-refractivity contribution in [3.63, 3.8) is 0 Å². The van der Waals surface area contributed by atoms with Crippen molar-refractivity contribution in [2.24, 2.45) is 4.99 Å². The van der Waals surface area contributed by atoms with Crippen LogP contribution < -0.4 is 10.6 Å². The van der Waals surface area contributed by atoms with Gasteiger partial charge in [0.25, 0.3) is 0 Å². The van der Waals surface area contributed by atoms with E-state index in [4.69, 9.17) is 18.9 Å². The third kappa shape index (κ3) is 8.83. The van der Waals surface area contributed by atoms with Gasteiger partial charge in [-0.2, -0.15) is 0 Å². The molecule has 1 unspecified atom stereocenters. The van der Waals surface area contributed by atoms with Crippen molar-refractivity contribution in [1.82, 2.24) is 10.6 Å². The van der Waals surface area contributed by atoms with Gasteiger partial charge in [0.2, 0.25) is 0 Å². The van der Waals surface area contributed by atoms with Gasteiger partial charge in [-0.3, -0.25) is 4.99 Å². The molecule has 0 bridgehead atoms. The second-order valence-corrected chi connectivity index (χ2v) is 7.18. The third-order valence-corrected chi connectivity index (χ3v) is 4.98. The first kappa shape index (κ1) is 22.5. The fraction of sp³-hybridized carbons (Fsp3) is 0.750. The Hall–Kier alpha value is -0.800. The van der Waals surface area contributed by atoms with E-state index in [0.717, 1.165) is 70.3 Å². The van der Waals surface area contributed by atoms with Gasteiger partial charge < -0.3 is 24.5 Å². The summed E-state index contributed by atoms with van der Waals surface area (Å²) < 4.78 is 16.7. The monoisotopic (exact) mass is 491 g/mol. The molecule has 0 radical (unpaired) electrons. The van der Waals surface area contributed by atoms with Crippen molar-refractivity contribution in [3.05, 3.63) is 24.2 Å². The van der Waals surface area contributed by atoms with Crippen molar-refractivity contribution >= 4 is 29.9 Å². The Bertz CT molecular complexity index is 513. The molecule has 3 rings (SSSR count). The zero-order valence-electron chi connectivity index (χ0n) is 16.2. The molecule has 27 heavy (non-hydrogen) atoms. The zero-order valence-corrected chi connectivity index (χ0v) is 18.5. The summed E-state index contributed by atoms with van der Waals surface area (Å²) in [5, 5.41) is 7.02. The summed E-state index contributed by atoms with van der Waals surface area (Å²) in [6, 6.07) is 4.49. The summed E-state index contributed by atoms with van der Waals surface area (Å²) in [6.45, 7) is 3.94. The molecule has 2 heterocycles. The lowest BCUT2D eigenvalue weighted by Crippen LogP contribution is -2.43. The lowest BCUT2D eigenvalue weighted by atomic mass is 10.2. The van der Waals surface area contributed by atoms with Gasteiger partial charge in [0, 0.05) is 38.8 Å². The molecule has 2 fully saturated rings. The fourth-order valence-electron chi connectivity index (χ4n) is 3.52. The van der Waals surface area contributed by atoms with Crippen molar-refractivity contribution in [2.45, 2.75) is 63.5 Å². The van der Waals surface area contributed by atoms with Crippen LogP contribution in [0.25, 0.3) is 0 Å². The van der Waals surface area contributed by atoms with E-state index >= 15 is 0 Å². The molecule has 0 spiro atoms. The number of furan rings is 1. The van der Waals surface area contributed by atoms with E-state index in [1.807, 2.05) is 12.1 Å². The molecule has 7 heteroatoms. The van der Waals surface area contributed by atoms with E-state index in [1.165, 1.54) is 25.7 Å². The largest absolute Gasteiger partial charge is 0.469 e. The number of ether oxygens (including phenoxy) is 2. The second-order valence-electron chi connectivity index (χ2n) is 7.18. The molecule has 154 valence electrons. The topological polar surface area (TPSA) is 68.0 Å². The number of aliphatic imine (C=N–C) groups is 1. The number of halogens is 1. The normalized spacial score (nSPS) is 20.6. The highest BCUT2D eigenvalue weighted by atomic mass is 127. The first-order valence-corrected chi connectivity index (χ1v) is 10.2. The smallest absolute Gasteiger partial charge is 0.191 e. The Morgan fingerprint density at radius 3 is 2.85 bits per heavy atom. The molecule has 1 saturated heterocycles. The van der Waals surface area contributed by atoms with Gasteiger partial charge in [-0.1, -0.05) is 12.8 Å². The van der Waals surface area contributed by atoms with Crippen molar-refractivity contribution in [1.29, 1.82) is 0 Å². The predicted molar refractivity (Wildman–Crippen MR) is 118 cm³/mol. The van der Waals surface area contributed by atoms with Gasteiger partial charge in [0.15, 0.2) is 5.96 Å². The minimum atomic E-state index is 0. The van der Waals surface area contributed by atoms with Gasteiger partial charge in [0.05, 0.1) is 19.0 Å². The Morgan fingerprint density at radius 2 is 2.11 bits per heavy atom. The summed E-state index contributed by atoms with van der Waals surface area (Å²) >= 11 is 0. The fourth-order valence-corrected chi connectivity index (χ4v) is 3.52. The van der Waals surface area contributed by atoms with Crippen LogP contribution in [-0.4, -0.2) is 51.0 Å². The van der Waals surface area contributed by atoms with Crippen LogP contribution in [0, 0.1) is 0 Å². The zero-order chi connectivity index (χ0) is 17.9. The van der Waals surface area contributed by atoms with E-state index in [1.54, 1.807) is 6.26 Å². The summed E-state index contributed by atoms with van der Waals surface area (Å²) in [4.78, 5) is 4.73. The summed E-state index contributed by atoms with van der Waals surface area (Å²) in [5.41, 5.74) is 0. The summed E-state index contributed by atoms with van der Waals surface area (Å²) in [5.74, 6) is 1.92. The maximum atomic E-state index is 5.72. The number of guanidine groups is 1. The molecule has 0 aromatic carbocycles. The SMILES string of the molecule is I.c1coc(CCNC(=NCCCOCC2CCCO2)NC2CCCC2)c1.